The van der Waals surface area contributed by atoms with Crippen LogP contribution in [-0.4, -0.2) is 41.0 Å². The Labute approximate surface area is 123 Å². The Morgan fingerprint density at radius 3 is 3.00 bits per heavy atom. The van der Waals surface area contributed by atoms with Crippen LogP contribution in [-0.2, 0) is 0 Å². The van der Waals surface area contributed by atoms with E-state index in [-0.39, 0.29) is 18.5 Å². The lowest BCUT2D eigenvalue weighted by molar-refractivity contribution is 0.196. The molecule has 0 aromatic heterocycles. The number of urea groups is 1. The number of nitrogens with zero attached hydrogens (tertiary/aromatic N) is 2. The molecule has 1 aliphatic carbocycles. The molecule has 0 aromatic rings. The second-order valence-corrected chi connectivity index (χ2v) is 5.70. The van der Waals surface area contributed by atoms with Crippen LogP contribution >= 0.6 is 0 Å². The van der Waals surface area contributed by atoms with Crippen molar-refractivity contribution in [3.63, 3.8) is 0 Å². The maximum atomic E-state index is 11.9. The minimum Gasteiger partial charge on any atom is -0.465 e. The normalized spacial score (nSPS) is 25.3. The Bertz CT molecular complexity index is 526. The van der Waals surface area contributed by atoms with E-state index < -0.39 is 6.09 Å². The zero-order valence-corrected chi connectivity index (χ0v) is 11.9. The van der Waals surface area contributed by atoms with Gasteiger partial charge in [-0.3, -0.25) is 0 Å². The molecule has 2 fully saturated rings. The number of carbonyl (C=O) groups excluding carboxylic acids is 1. The van der Waals surface area contributed by atoms with Crippen LogP contribution in [0.25, 0.3) is 0 Å². The van der Waals surface area contributed by atoms with Gasteiger partial charge in [-0.05, 0) is 24.8 Å². The SMILES string of the molecule is O=C(O)NCC1=NN2C(=O)NCC2=C2CCCCCCC12. The van der Waals surface area contributed by atoms with Crippen LogP contribution in [0, 0.1) is 5.92 Å². The summed E-state index contributed by atoms with van der Waals surface area (Å²) in [6.45, 7) is 0.717. The molecule has 21 heavy (non-hydrogen) atoms. The summed E-state index contributed by atoms with van der Waals surface area (Å²) in [6, 6.07) is -0.217. The highest BCUT2D eigenvalue weighted by atomic mass is 16.4. The third kappa shape index (κ3) is 2.72. The fraction of sp³-hybridized carbons (Fsp3) is 0.643. The van der Waals surface area contributed by atoms with Crippen LogP contribution in [0.1, 0.15) is 38.5 Å². The lowest BCUT2D eigenvalue weighted by Gasteiger charge is -2.32. The Kier molecular flexibility index (Phi) is 3.81. The van der Waals surface area contributed by atoms with Gasteiger partial charge in [0, 0.05) is 5.92 Å². The van der Waals surface area contributed by atoms with Crippen molar-refractivity contribution in [3.8, 4) is 0 Å². The van der Waals surface area contributed by atoms with Gasteiger partial charge in [-0.2, -0.15) is 10.1 Å². The van der Waals surface area contributed by atoms with E-state index in [1.165, 1.54) is 23.4 Å². The summed E-state index contributed by atoms with van der Waals surface area (Å²) in [5, 5.41) is 19.8. The smallest absolute Gasteiger partial charge is 0.404 e. The second-order valence-electron chi connectivity index (χ2n) is 5.70. The number of rotatable bonds is 2. The van der Waals surface area contributed by atoms with E-state index >= 15 is 0 Å². The van der Waals surface area contributed by atoms with E-state index in [4.69, 9.17) is 5.11 Å². The first-order chi connectivity index (χ1) is 10.2. The van der Waals surface area contributed by atoms with Crippen molar-refractivity contribution < 1.29 is 14.7 Å². The number of amides is 3. The van der Waals surface area contributed by atoms with Crippen molar-refractivity contribution in [3.05, 3.63) is 11.3 Å². The zero-order chi connectivity index (χ0) is 14.8. The molecule has 1 unspecified atom stereocenters. The molecule has 1 atom stereocenters. The summed E-state index contributed by atoms with van der Waals surface area (Å²) in [7, 11) is 0. The van der Waals surface area contributed by atoms with Gasteiger partial charge in [0.25, 0.3) is 0 Å². The van der Waals surface area contributed by atoms with Gasteiger partial charge in [0.2, 0.25) is 0 Å². The average Bonchev–Trinajstić information content (AvgIpc) is 2.78. The van der Waals surface area contributed by atoms with Crippen LogP contribution in [0.15, 0.2) is 16.4 Å². The summed E-state index contributed by atoms with van der Waals surface area (Å²) in [4.78, 5) is 22.6. The molecule has 3 amide bonds. The summed E-state index contributed by atoms with van der Waals surface area (Å²) in [5.74, 6) is 0.177. The first kappa shape index (κ1) is 13.9. The first-order valence-electron chi connectivity index (χ1n) is 7.51. The highest BCUT2D eigenvalue weighted by Gasteiger charge is 2.37. The van der Waals surface area contributed by atoms with Crippen LogP contribution in [0.5, 0.6) is 0 Å². The zero-order valence-electron chi connectivity index (χ0n) is 11.9. The number of hydrogen-bond acceptors (Lipinski definition) is 3. The summed E-state index contributed by atoms with van der Waals surface area (Å²) in [5.41, 5.74) is 3.01. The lowest BCUT2D eigenvalue weighted by atomic mass is 9.81. The molecule has 3 N–H and O–H groups in total. The number of hydrazone groups is 1. The molecule has 2 heterocycles. The largest absolute Gasteiger partial charge is 0.465 e. The molecular weight excluding hydrogens is 272 g/mol. The van der Waals surface area contributed by atoms with Crippen molar-refractivity contribution >= 4 is 17.8 Å². The number of fused-ring (bicyclic) bond motifs is 2. The maximum absolute atomic E-state index is 11.9. The number of nitrogens with one attached hydrogen (secondary N) is 2. The monoisotopic (exact) mass is 292 g/mol. The third-order valence-corrected chi connectivity index (χ3v) is 4.39. The Balaban J connectivity index is 1.90. The van der Waals surface area contributed by atoms with Gasteiger partial charge < -0.3 is 15.7 Å². The van der Waals surface area contributed by atoms with E-state index in [1.54, 1.807) is 0 Å². The van der Waals surface area contributed by atoms with Crippen LogP contribution in [0.2, 0.25) is 0 Å². The topological polar surface area (TPSA) is 94.0 Å². The lowest BCUT2D eigenvalue weighted by Crippen LogP contribution is -2.39. The third-order valence-electron chi connectivity index (χ3n) is 4.39. The van der Waals surface area contributed by atoms with E-state index in [0.29, 0.717) is 6.54 Å². The summed E-state index contributed by atoms with van der Waals surface area (Å²) < 4.78 is 0. The minimum absolute atomic E-state index is 0.177. The molecule has 0 bridgehead atoms. The van der Waals surface area contributed by atoms with Crippen molar-refractivity contribution in [2.24, 2.45) is 11.0 Å². The Morgan fingerprint density at radius 1 is 1.38 bits per heavy atom. The molecule has 3 rings (SSSR count). The van der Waals surface area contributed by atoms with Crippen LogP contribution in [0.4, 0.5) is 9.59 Å². The number of carbonyl (C=O) groups is 2. The van der Waals surface area contributed by atoms with Crippen molar-refractivity contribution in [1.82, 2.24) is 15.6 Å². The van der Waals surface area contributed by atoms with Gasteiger partial charge in [0.15, 0.2) is 0 Å². The van der Waals surface area contributed by atoms with Gasteiger partial charge in [0.05, 0.1) is 24.5 Å². The average molecular weight is 292 g/mol. The summed E-state index contributed by atoms with van der Waals surface area (Å²) in [6.07, 6.45) is 5.56. The molecule has 114 valence electrons. The molecule has 0 radical (unpaired) electrons. The molecule has 0 spiro atoms. The van der Waals surface area contributed by atoms with Crippen LogP contribution in [0.3, 0.4) is 0 Å². The molecule has 1 saturated carbocycles. The fourth-order valence-electron chi connectivity index (χ4n) is 3.39. The quantitative estimate of drug-likeness (QED) is 0.725. The van der Waals surface area contributed by atoms with E-state index in [2.05, 4.69) is 15.7 Å². The van der Waals surface area contributed by atoms with Gasteiger partial charge >= 0.3 is 12.1 Å². The predicted molar refractivity (Wildman–Crippen MR) is 76.9 cm³/mol. The highest BCUT2D eigenvalue weighted by molar-refractivity contribution is 5.96. The van der Waals surface area contributed by atoms with Gasteiger partial charge in [-0.1, -0.05) is 19.3 Å². The van der Waals surface area contributed by atoms with Crippen molar-refractivity contribution in [2.75, 3.05) is 13.1 Å². The molecule has 7 nitrogen and oxygen atoms in total. The molecule has 3 aliphatic rings. The Morgan fingerprint density at radius 2 is 2.19 bits per heavy atom. The van der Waals surface area contributed by atoms with E-state index in [9.17, 15) is 9.59 Å². The highest BCUT2D eigenvalue weighted by Crippen LogP contribution is 2.36. The second kappa shape index (κ2) is 5.75. The molecule has 1 saturated heterocycles. The molecular formula is C14H20N4O3. The van der Waals surface area contributed by atoms with Crippen LogP contribution < -0.4 is 10.6 Å². The van der Waals surface area contributed by atoms with E-state index in [1.807, 2.05) is 0 Å². The Hall–Kier alpha value is -2.05. The van der Waals surface area contributed by atoms with E-state index in [0.717, 1.165) is 37.1 Å². The number of carboxylic acid groups (broad SMARTS) is 1. The minimum atomic E-state index is -1.06. The van der Waals surface area contributed by atoms with Crippen molar-refractivity contribution in [1.29, 1.82) is 0 Å². The van der Waals surface area contributed by atoms with Gasteiger partial charge in [0.1, 0.15) is 0 Å². The molecule has 0 aromatic carbocycles. The maximum Gasteiger partial charge on any atom is 0.404 e. The van der Waals surface area contributed by atoms with Crippen molar-refractivity contribution in [2.45, 2.75) is 38.5 Å². The number of hydrogen-bond donors (Lipinski definition) is 3. The van der Waals surface area contributed by atoms with Gasteiger partial charge in [-0.15, -0.1) is 0 Å². The first-order valence-corrected chi connectivity index (χ1v) is 7.51. The fourth-order valence-corrected chi connectivity index (χ4v) is 3.39. The number of allylic oxidation sites excluding steroid dienone is 1. The predicted octanol–water partition coefficient (Wildman–Crippen LogP) is 1.87. The molecule has 2 aliphatic heterocycles. The molecule has 7 heteroatoms. The summed E-state index contributed by atoms with van der Waals surface area (Å²) >= 11 is 0. The van der Waals surface area contributed by atoms with Gasteiger partial charge in [-0.25, -0.2) is 9.59 Å². The standard InChI is InChI=1S/C14H20N4O3/c19-13-15-8-12-10-6-4-2-1-3-5-9(10)11(17-18(12)13)7-16-14(20)21/h9,16H,1-8H2,(H,15,19)(H,20,21).